The van der Waals surface area contributed by atoms with E-state index in [1.165, 1.54) is 12.5 Å². The molecule has 4 heterocycles. The van der Waals surface area contributed by atoms with Gasteiger partial charge < -0.3 is 74.0 Å². The molecule has 1 spiro atoms. The molecule has 0 unspecified atom stereocenters. The second-order valence-electron chi connectivity index (χ2n) is 22.3. The molecule has 4 aliphatic heterocycles. The zero-order chi connectivity index (χ0) is 46.6. The number of hydrogen-bond donors (Lipinski definition) is 8. The molecular weight excluding hydrogens is 836 g/mol. The molecule has 3 saturated carbocycles. The molecule has 364 valence electrons. The molecule has 8 aliphatic rings. The van der Waals surface area contributed by atoms with E-state index >= 15 is 0 Å². The van der Waals surface area contributed by atoms with Crippen LogP contribution in [0.5, 0.6) is 0 Å². The van der Waals surface area contributed by atoms with E-state index < -0.39 is 126 Å². The van der Waals surface area contributed by atoms with Crippen molar-refractivity contribution in [1.82, 2.24) is 0 Å². The first-order chi connectivity index (χ1) is 30.0. The molecule has 0 amide bonds. The van der Waals surface area contributed by atoms with E-state index in [-0.39, 0.29) is 35.6 Å². The van der Waals surface area contributed by atoms with Gasteiger partial charge in [0, 0.05) is 6.42 Å². The number of fused-ring (bicyclic) bond motifs is 4. The number of aliphatic hydroxyl groups is 8. The highest BCUT2D eigenvalue weighted by atomic mass is 16.8. The second-order valence-corrected chi connectivity index (χ2v) is 22.3. The topological polar surface area (TPSA) is 261 Å². The molecule has 0 bridgehead atoms. The molecule has 17 heteroatoms. The Morgan fingerprint density at radius 1 is 0.797 bits per heavy atom. The lowest BCUT2D eigenvalue weighted by molar-refractivity contribution is -0.380. The maximum absolute atomic E-state index is 14.3. The van der Waals surface area contributed by atoms with Crippen molar-refractivity contribution in [3.8, 4) is 0 Å². The minimum absolute atomic E-state index is 0.0354. The Kier molecular flexibility index (Phi) is 13.2. The average molecular weight is 911 g/mol. The molecule has 8 rings (SSSR count). The summed E-state index contributed by atoms with van der Waals surface area (Å²) in [6.07, 6.45) is -12.7. The predicted octanol–water partition coefficient (Wildman–Crippen LogP) is 1.39. The molecule has 4 aliphatic carbocycles. The highest BCUT2D eigenvalue weighted by Crippen LogP contribution is 2.75. The molecule has 0 aromatic heterocycles. The Morgan fingerprint density at radius 2 is 1.47 bits per heavy atom. The summed E-state index contributed by atoms with van der Waals surface area (Å²) in [6.45, 7) is 15.7. The molecule has 0 aromatic rings. The van der Waals surface area contributed by atoms with Gasteiger partial charge in [-0.25, -0.2) is 0 Å². The van der Waals surface area contributed by atoms with Crippen LogP contribution in [0.4, 0.5) is 0 Å². The highest BCUT2D eigenvalue weighted by molar-refractivity contribution is 5.99. The van der Waals surface area contributed by atoms with Gasteiger partial charge >= 0.3 is 5.97 Å². The Morgan fingerprint density at radius 3 is 2.16 bits per heavy atom. The number of allylic oxidation sites excluding steroid dienone is 2. The van der Waals surface area contributed by atoms with Gasteiger partial charge in [0.05, 0.1) is 36.8 Å². The van der Waals surface area contributed by atoms with Crippen LogP contribution in [-0.2, 0) is 42.7 Å². The number of cyclic esters (lactones) is 1. The number of ether oxygens (including phenoxy) is 7. The SMILES string of the molecule is CC(C)CCC[C@]1(C)OC(=O)[C@]23CC=C4[C@@H](CC[C@H]5C(C)(C)[C@@H](O[C@@H]6OC[C@@H](O)[C@H](O)[C@H]6O[C@@H]6O[C@H](C)[C@@H](O[C@@H]7O[C@H](CO)[C@@H](O)[C@H](O)[C@H]7O)[C@H](O)[C@H]6O)CC[C@]45C)[C@]2(C)CC(=O)[C@@H]31. The van der Waals surface area contributed by atoms with Crippen molar-refractivity contribution in [3.63, 3.8) is 0 Å². The van der Waals surface area contributed by atoms with Gasteiger partial charge in [0.25, 0.3) is 0 Å². The third-order valence-corrected chi connectivity index (χ3v) is 17.7. The number of Topliss-reactive ketones (excluding diaryl/α,β-unsaturated/α-hetero) is 1. The molecule has 8 N–H and O–H groups in total. The number of aliphatic hydroxyl groups excluding tert-OH is 8. The molecule has 64 heavy (non-hydrogen) atoms. The normalized spacial score (nSPS) is 52.4. The van der Waals surface area contributed by atoms with Crippen molar-refractivity contribution in [3.05, 3.63) is 11.6 Å². The van der Waals surface area contributed by atoms with E-state index in [9.17, 15) is 50.4 Å². The average Bonchev–Trinajstić information content (AvgIpc) is 3.62. The molecule has 0 aromatic carbocycles. The van der Waals surface area contributed by atoms with Crippen molar-refractivity contribution in [2.75, 3.05) is 13.2 Å². The van der Waals surface area contributed by atoms with Crippen LogP contribution in [0.15, 0.2) is 11.6 Å². The van der Waals surface area contributed by atoms with Crippen LogP contribution in [0.2, 0.25) is 0 Å². The van der Waals surface area contributed by atoms with Gasteiger partial charge in [0.2, 0.25) is 0 Å². The zero-order valence-corrected chi connectivity index (χ0v) is 38.6. The Hall–Kier alpha value is -1.68. The minimum atomic E-state index is -1.79. The lowest BCUT2D eigenvalue weighted by Gasteiger charge is -2.63. The van der Waals surface area contributed by atoms with Crippen molar-refractivity contribution < 1.29 is 83.6 Å². The summed E-state index contributed by atoms with van der Waals surface area (Å²) in [6, 6.07) is 0. The van der Waals surface area contributed by atoms with E-state index in [4.69, 9.17) is 33.2 Å². The summed E-state index contributed by atoms with van der Waals surface area (Å²) in [5.74, 6) is 0.142. The van der Waals surface area contributed by atoms with Gasteiger partial charge in [-0.3, -0.25) is 9.59 Å². The molecule has 17 nitrogen and oxygen atoms in total. The number of carbonyl (C=O) groups excluding carboxylic acids is 2. The van der Waals surface area contributed by atoms with Crippen molar-refractivity contribution in [1.29, 1.82) is 0 Å². The maximum Gasteiger partial charge on any atom is 0.314 e. The summed E-state index contributed by atoms with van der Waals surface area (Å²) in [5.41, 5.74) is -1.68. The fraction of sp³-hybridized carbons (Fsp3) is 0.915. The predicted molar refractivity (Wildman–Crippen MR) is 223 cm³/mol. The van der Waals surface area contributed by atoms with Crippen LogP contribution in [0.3, 0.4) is 0 Å². The highest BCUT2D eigenvalue weighted by Gasteiger charge is 2.79. The monoisotopic (exact) mass is 910 g/mol. The van der Waals surface area contributed by atoms with Crippen molar-refractivity contribution >= 4 is 11.8 Å². The maximum atomic E-state index is 14.3. The minimum Gasteiger partial charge on any atom is -0.458 e. The van der Waals surface area contributed by atoms with E-state index in [1.54, 1.807) is 0 Å². The lowest BCUT2D eigenvalue weighted by atomic mass is 9.41. The Bertz CT molecular complexity index is 1770. The van der Waals surface area contributed by atoms with Crippen molar-refractivity contribution in [2.45, 2.75) is 211 Å². The number of hydrogen-bond acceptors (Lipinski definition) is 17. The van der Waals surface area contributed by atoms with Crippen molar-refractivity contribution in [2.24, 2.45) is 45.3 Å². The van der Waals surface area contributed by atoms with Gasteiger partial charge in [-0.2, -0.15) is 0 Å². The van der Waals surface area contributed by atoms with Gasteiger partial charge in [-0.15, -0.1) is 0 Å². The van der Waals surface area contributed by atoms with E-state index in [1.807, 2.05) is 6.92 Å². The molecule has 22 atom stereocenters. The summed E-state index contributed by atoms with van der Waals surface area (Å²) in [4.78, 5) is 28.5. The van der Waals surface area contributed by atoms with Crippen LogP contribution in [0.25, 0.3) is 0 Å². The third kappa shape index (κ3) is 7.49. The number of carbonyl (C=O) groups is 2. The van der Waals surface area contributed by atoms with E-state index in [0.29, 0.717) is 31.6 Å². The van der Waals surface area contributed by atoms with Gasteiger partial charge in [0.15, 0.2) is 18.9 Å². The van der Waals surface area contributed by atoms with Crippen LogP contribution in [0, 0.1) is 45.3 Å². The van der Waals surface area contributed by atoms with E-state index in [0.717, 1.165) is 32.1 Å². The number of rotatable bonds is 11. The smallest absolute Gasteiger partial charge is 0.314 e. The second kappa shape index (κ2) is 17.4. The summed E-state index contributed by atoms with van der Waals surface area (Å²) in [7, 11) is 0. The lowest BCUT2D eigenvalue weighted by Crippen LogP contribution is -2.65. The molecule has 7 fully saturated rings. The van der Waals surface area contributed by atoms with Gasteiger partial charge in [0.1, 0.15) is 72.4 Å². The fourth-order valence-electron chi connectivity index (χ4n) is 14.2. The first-order valence-corrected chi connectivity index (χ1v) is 23.7. The summed E-state index contributed by atoms with van der Waals surface area (Å²) in [5, 5.41) is 85.1. The zero-order valence-electron chi connectivity index (χ0n) is 38.6. The largest absolute Gasteiger partial charge is 0.458 e. The third-order valence-electron chi connectivity index (χ3n) is 17.7. The van der Waals surface area contributed by atoms with Crippen LogP contribution >= 0.6 is 0 Å². The molecule has 0 radical (unpaired) electrons. The van der Waals surface area contributed by atoms with E-state index in [2.05, 4.69) is 47.6 Å². The quantitative estimate of drug-likeness (QED) is 0.0828. The number of esters is 1. The molecular formula is C47H74O17. The first-order valence-electron chi connectivity index (χ1n) is 23.7. The fourth-order valence-corrected chi connectivity index (χ4v) is 14.2. The standard InChI is InChI=1S/C47H74O17/c1-21(2)10-9-15-46(8)38-25(49)18-45(7)24-11-12-28-43(4,5)29(14-16-44(28,6)23(24)13-17-47(38,45)42(57)64-46)61-41-37(30(51)26(50)20-58-41)63-39-35(56)33(54)36(22(3)59-39)62-40-34(55)32(53)31(52)27(19-48)60-40/h13,21-22,24,26-41,48,50-56H,9-12,14-20H2,1-8H3/t22-,24-,26-,27-,28+,29+,30+,31-,32+,33-,34-,35-,36-,37-,38-,39+,40+,41+,44-,45+,46+,47-/m1/s1. The molecule has 4 saturated heterocycles. The van der Waals surface area contributed by atoms with Gasteiger partial charge in [-0.05, 0) is 92.8 Å². The Labute approximate surface area is 375 Å². The van der Waals surface area contributed by atoms with Crippen LogP contribution in [0.1, 0.15) is 113 Å². The Balaban J connectivity index is 0.968. The summed E-state index contributed by atoms with van der Waals surface area (Å²) < 4.78 is 42.4. The van der Waals surface area contributed by atoms with Gasteiger partial charge in [-0.1, -0.05) is 59.6 Å². The summed E-state index contributed by atoms with van der Waals surface area (Å²) >= 11 is 0. The van der Waals surface area contributed by atoms with Crippen LogP contribution in [-0.4, -0.2) is 164 Å². The number of ketones is 1. The van der Waals surface area contributed by atoms with Crippen LogP contribution < -0.4 is 0 Å². The first kappa shape index (κ1) is 48.8.